The maximum absolute atomic E-state index is 4.84. The van der Waals surface area contributed by atoms with Crippen molar-refractivity contribution in [2.45, 2.75) is 71.0 Å². The number of hydrogen-bond acceptors (Lipinski definition) is 10. The first kappa shape index (κ1) is 32.7. The van der Waals surface area contributed by atoms with Crippen LogP contribution in [0.1, 0.15) is 58.4 Å². The molecule has 264 valence electrons. The maximum Gasteiger partial charge on any atom is 0.440 e. The molecule has 0 aliphatic heterocycles. The van der Waals surface area contributed by atoms with Gasteiger partial charge in [0, 0.05) is 54.5 Å². The zero-order chi connectivity index (χ0) is 34.9. The Bertz CT molecular complexity index is 2170. The number of hydrogen-bond donors (Lipinski definition) is 5. The second-order valence-corrected chi connectivity index (χ2v) is 14.4. The molecule has 3 atom stereocenters. The van der Waals surface area contributed by atoms with Gasteiger partial charge in [-0.05, 0) is 90.4 Å². The zero-order valence-corrected chi connectivity index (χ0v) is 29.6. The van der Waals surface area contributed by atoms with Crippen LogP contribution in [0.5, 0.6) is 0 Å². The topological polar surface area (TPSA) is 162 Å². The largest absolute Gasteiger partial charge is 0.440 e. The van der Waals surface area contributed by atoms with Crippen LogP contribution in [0.3, 0.4) is 0 Å². The summed E-state index contributed by atoms with van der Waals surface area (Å²) >= 11 is 0. The van der Waals surface area contributed by atoms with E-state index in [-0.39, 0.29) is 12.0 Å². The van der Waals surface area contributed by atoms with E-state index in [9.17, 15) is 0 Å². The second-order valence-electron chi connectivity index (χ2n) is 14.4. The summed E-state index contributed by atoms with van der Waals surface area (Å²) < 4.78 is 3.92. The standard InChI is InChI=1S/C36H46N15/c1-22(51-16-13-30(48-51)43-36-45-32-29(12-15-38-32)34(47-36)41-23(2)24-7-8-24)5-6-26(25-9-10-25)19-39-33-28-11-14-37-31(28)44-35(46-33)42-27-20-40-50(21-27)18-17-49(3)4/h11-16,20-26H,5-10,17-18H2,1-4H3,(H2,37,42,44,46)(H3,38,41,43,45,47,48)/q+1/t22?,23-,26?/m0/s1. The highest BCUT2D eigenvalue weighted by atomic mass is 15.3. The van der Waals surface area contributed by atoms with E-state index in [0.717, 1.165) is 59.5 Å². The Kier molecular flexibility index (Phi) is 8.99. The summed E-state index contributed by atoms with van der Waals surface area (Å²) in [6, 6.07) is 10.0. The average molecular weight is 689 g/mol. The highest BCUT2D eigenvalue weighted by molar-refractivity contribution is 5.89. The van der Waals surface area contributed by atoms with Crippen LogP contribution in [-0.4, -0.2) is 81.0 Å². The van der Waals surface area contributed by atoms with Gasteiger partial charge in [0.25, 0.3) is 0 Å². The second kappa shape index (κ2) is 14.0. The molecule has 2 fully saturated rings. The van der Waals surface area contributed by atoms with E-state index in [1.807, 2.05) is 52.4 Å². The number of nitrogens with one attached hydrogen (secondary N) is 5. The molecule has 6 heterocycles. The number of anilines is 5. The van der Waals surface area contributed by atoms with E-state index in [4.69, 9.17) is 24.9 Å². The molecule has 51 heavy (non-hydrogen) atoms. The lowest BCUT2D eigenvalue weighted by atomic mass is 9.97. The Labute approximate surface area is 296 Å². The van der Waals surface area contributed by atoms with E-state index >= 15 is 0 Å². The van der Waals surface area contributed by atoms with Crippen LogP contribution in [0.2, 0.25) is 0 Å². The van der Waals surface area contributed by atoms with Crippen molar-refractivity contribution in [3.63, 3.8) is 0 Å². The number of aromatic nitrogens is 10. The zero-order valence-electron chi connectivity index (χ0n) is 29.6. The van der Waals surface area contributed by atoms with Crippen molar-refractivity contribution in [1.82, 2.24) is 54.4 Å². The van der Waals surface area contributed by atoms with Gasteiger partial charge >= 0.3 is 11.8 Å². The van der Waals surface area contributed by atoms with Crippen molar-refractivity contribution in [2.24, 2.45) is 17.8 Å². The Morgan fingerprint density at radius 1 is 0.922 bits per heavy atom. The summed E-state index contributed by atoms with van der Waals surface area (Å²) in [5, 5.41) is 21.4. The van der Waals surface area contributed by atoms with Crippen molar-refractivity contribution in [1.29, 1.82) is 0 Å². The maximum atomic E-state index is 4.84. The lowest BCUT2D eigenvalue weighted by Gasteiger charge is -2.15. The summed E-state index contributed by atoms with van der Waals surface area (Å²) in [7, 11) is 4.10. The molecule has 2 saturated carbocycles. The molecule has 2 unspecified atom stereocenters. The molecule has 8 rings (SSSR count). The van der Waals surface area contributed by atoms with E-state index in [0.29, 0.717) is 41.4 Å². The number of fused-ring (bicyclic) bond motifs is 2. The summed E-state index contributed by atoms with van der Waals surface area (Å²) in [6.45, 7) is 6.13. The van der Waals surface area contributed by atoms with Crippen LogP contribution in [0.15, 0.2) is 49.2 Å². The minimum atomic E-state index is 0.192. The van der Waals surface area contributed by atoms with Gasteiger partial charge in [-0.3, -0.25) is 14.7 Å². The number of aromatic amines is 2. The minimum absolute atomic E-state index is 0.192. The van der Waals surface area contributed by atoms with Gasteiger partial charge in [-0.1, -0.05) is 0 Å². The molecule has 0 saturated heterocycles. The number of rotatable bonds is 15. The van der Waals surface area contributed by atoms with Crippen LogP contribution < -0.4 is 16.0 Å². The van der Waals surface area contributed by atoms with Crippen LogP contribution in [0.25, 0.3) is 26.9 Å². The van der Waals surface area contributed by atoms with E-state index < -0.39 is 0 Å². The summed E-state index contributed by atoms with van der Waals surface area (Å²) in [4.78, 5) is 32.4. The van der Waals surface area contributed by atoms with E-state index in [2.05, 4.69) is 74.9 Å². The Morgan fingerprint density at radius 3 is 2.43 bits per heavy atom. The fraction of sp³-hybridized carbons (Fsp3) is 0.472. The monoisotopic (exact) mass is 688 g/mol. The van der Waals surface area contributed by atoms with Gasteiger partial charge < -0.3 is 25.5 Å². The molecule has 15 heteroatoms. The highest BCUT2D eigenvalue weighted by Crippen LogP contribution is 2.40. The number of likely N-dealkylation sites (N-methyl/N-ethyl adjacent to an activating group) is 1. The third kappa shape index (κ3) is 7.81. The molecule has 0 spiro atoms. The Morgan fingerprint density at radius 2 is 1.67 bits per heavy atom. The van der Waals surface area contributed by atoms with Gasteiger partial charge in [0.2, 0.25) is 5.95 Å². The van der Waals surface area contributed by atoms with Crippen molar-refractivity contribution >= 4 is 57.1 Å². The van der Waals surface area contributed by atoms with E-state index in [1.165, 1.54) is 25.7 Å². The van der Waals surface area contributed by atoms with Crippen molar-refractivity contribution in [2.75, 3.05) is 36.6 Å². The Hall–Kier alpha value is -5.49. The van der Waals surface area contributed by atoms with Crippen LogP contribution in [-0.2, 0) is 6.54 Å². The van der Waals surface area contributed by atoms with Gasteiger partial charge in [0.1, 0.15) is 16.9 Å². The van der Waals surface area contributed by atoms with Gasteiger partial charge in [-0.15, -0.1) is 0 Å². The predicted molar refractivity (Wildman–Crippen MR) is 200 cm³/mol. The fourth-order valence-corrected chi connectivity index (χ4v) is 6.45. The first-order valence-corrected chi connectivity index (χ1v) is 18.0. The number of H-pyrrole nitrogens is 2. The molecule has 6 aromatic heterocycles. The molecule has 2 aliphatic carbocycles. The van der Waals surface area contributed by atoms with Crippen LogP contribution in [0, 0.1) is 23.8 Å². The quantitative estimate of drug-likeness (QED) is 0.0766. The average Bonchev–Trinajstić information content (AvgIpc) is 3.90. The van der Waals surface area contributed by atoms with Crippen LogP contribution >= 0.6 is 0 Å². The van der Waals surface area contributed by atoms with Gasteiger partial charge in [0.15, 0.2) is 17.5 Å². The third-order valence-electron chi connectivity index (χ3n) is 9.89. The molecule has 15 nitrogen and oxygen atoms in total. The molecule has 0 aromatic carbocycles. The van der Waals surface area contributed by atoms with Gasteiger partial charge in [0.05, 0.1) is 29.7 Å². The molecular weight excluding hydrogens is 643 g/mol. The lowest BCUT2D eigenvalue weighted by Crippen LogP contribution is -2.18. The molecule has 5 N–H and O–H groups in total. The summed E-state index contributed by atoms with van der Waals surface area (Å²) in [6.07, 6.45) is 16.4. The predicted octanol–water partition coefficient (Wildman–Crippen LogP) is 6.91. The molecule has 6 aromatic rings. The number of nitrogens with zero attached hydrogens (tertiary/aromatic N) is 10. The van der Waals surface area contributed by atoms with Crippen molar-refractivity contribution < 1.29 is 0 Å². The SMILES string of the molecule is CC(CCC(C#[N+]c1nc(Nc2cnn(CCN(C)C)c2)nc2[nH]ccc12)C1CC1)n1ccc(Nc2nc(N[C@@H](C)C3CC3)c3cc[nH]c3n2)n1. The fourth-order valence-electron chi connectivity index (χ4n) is 6.45. The third-order valence-corrected chi connectivity index (χ3v) is 9.89. The molecule has 0 radical (unpaired) electrons. The van der Waals surface area contributed by atoms with Crippen molar-refractivity contribution in [3.05, 3.63) is 54.0 Å². The van der Waals surface area contributed by atoms with Crippen LogP contribution in [0.4, 0.5) is 35.0 Å². The van der Waals surface area contributed by atoms with Gasteiger partial charge in [-0.2, -0.15) is 30.0 Å². The smallest absolute Gasteiger partial charge is 0.367 e. The normalized spacial score (nSPS) is 16.3. The van der Waals surface area contributed by atoms with Crippen molar-refractivity contribution in [3.8, 4) is 6.07 Å². The first-order chi connectivity index (χ1) is 24.8. The minimum Gasteiger partial charge on any atom is -0.367 e. The lowest BCUT2D eigenvalue weighted by molar-refractivity contribution is 0.373. The first-order valence-electron chi connectivity index (χ1n) is 18.0. The molecular formula is C36H46N15+. The van der Waals surface area contributed by atoms with Gasteiger partial charge in [-0.25, -0.2) is 0 Å². The summed E-state index contributed by atoms with van der Waals surface area (Å²) in [5.74, 6) is 4.68. The van der Waals surface area contributed by atoms with E-state index in [1.54, 1.807) is 6.20 Å². The Balaban J connectivity index is 0.919. The molecule has 2 aliphatic rings. The molecule has 0 bridgehead atoms. The molecule has 0 amide bonds. The highest BCUT2D eigenvalue weighted by Gasteiger charge is 2.33. The summed E-state index contributed by atoms with van der Waals surface area (Å²) in [5.41, 5.74) is 2.35.